The Morgan fingerprint density at radius 3 is 2.55 bits per heavy atom. The lowest BCUT2D eigenvalue weighted by atomic mass is 9.99. The first-order valence-electron chi connectivity index (χ1n) is 9.82. The van der Waals surface area contributed by atoms with E-state index in [1.165, 1.54) is 0 Å². The lowest BCUT2D eigenvalue weighted by Crippen LogP contribution is -2.47. The first-order chi connectivity index (χ1) is 14.1. The van der Waals surface area contributed by atoms with Crippen LogP contribution >= 0.6 is 0 Å². The molecule has 3 aliphatic heterocycles. The van der Waals surface area contributed by atoms with Gasteiger partial charge in [0, 0.05) is 48.7 Å². The molecule has 0 atom stereocenters. The van der Waals surface area contributed by atoms with Crippen LogP contribution in [0.25, 0.3) is 11.6 Å². The molecule has 0 radical (unpaired) electrons. The maximum absolute atomic E-state index is 12.8. The summed E-state index contributed by atoms with van der Waals surface area (Å²) in [4.78, 5) is 29.5. The van der Waals surface area contributed by atoms with Gasteiger partial charge in [0.05, 0.1) is 11.3 Å². The molecule has 0 saturated carbocycles. The third kappa shape index (κ3) is 3.11. The van der Waals surface area contributed by atoms with E-state index in [0.29, 0.717) is 11.1 Å². The van der Waals surface area contributed by atoms with Gasteiger partial charge in [-0.3, -0.25) is 9.59 Å². The maximum Gasteiger partial charge on any atom is 0.258 e. The van der Waals surface area contributed by atoms with Gasteiger partial charge in [0.2, 0.25) is 0 Å². The zero-order valence-corrected chi connectivity index (χ0v) is 16.2. The van der Waals surface area contributed by atoms with Crippen molar-refractivity contribution in [2.45, 2.75) is 0 Å². The lowest BCUT2D eigenvalue weighted by Gasteiger charge is -2.32. The van der Waals surface area contributed by atoms with E-state index in [-0.39, 0.29) is 11.8 Å². The Labute approximate surface area is 169 Å². The van der Waals surface area contributed by atoms with Crippen molar-refractivity contribution >= 4 is 34.8 Å². The van der Waals surface area contributed by atoms with Crippen molar-refractivity contribution in [1.82, 2.24) is 9.80 Å². The Balaban J connectivity index is 1.43. The first kappa shape index (κ1) is 17.7. The highest BCUT2D eigenvalue weighted by Gasteiger charge is 2.28. The number of carbonyl (C=O) groups excluding carboxylic acids is 2. The number of hydrogen-bond acceptors (Lipinski definition) is 4. The highest BCUT2D eigenvalue weighted by molar-refractivity contribution is 6.33. The van der Waals surface area contributed by atoms with E-state index in [0.717, 1.165) is 54.4 Å². The SMILES string of the molecule is CN1CCN(C(=O)c2ccc3c(c2)C=C/C(=C2/C(=O)Nc4ccccc42)N3)CC1. The summed E-state index contributed by atoms with van der Waals surface area (Å²) in [5, 5.41) is 6.27. The standard InChI is InChI=1S/C23H22N4O2/c1-26-10-12-27(13-11-26)23(29)16-7-8-18-15(14-16)6-9-20(24-18)21-17-4-2-3-5-19(17)25-22(21)28/h2-9,14,24H,10-13H2,1H3,(H,25,28)/b21-20-. The second kappa shape index (κ2) is 6.90. The quantitative estimate of drug-likeness (QED) is 0.740. The monoisotopic (exact) mass is 386 g/mol. The third-order valence-electron chi connectivity index (χ3n) is 5.73. The number of benzene rings is 2. The van der Waals surface area contributed by atoms with Gasteiger partial charge in [-0.05, 0) is 43.0 Å². The van der Waals surface area contributed by atoms with Crippen LogP contribution in [0, 0.1) is 0 Å². The normalized spacial score (nSPS) is 20.7. The minimum atomic E-state index is -0.108. The van der Waals surface area contributed by atoms with Gasteiger partial charge >= 0.3 is 0 Å². The number of likely N-dealkylation sites (N-methyl/N-ethyl adjacent to an activating group) is 1. The van der Waals surface area contributed by atoms with Gasteiger partial charge in [-0.2, -0.15) is 0 Å². The predicted molar refractivity (Wildman–Crippen MR) is 114 cm³/mol. The van der Waals surface area contributed by atoms with Crippen LogP contribution in [0.2, 0.25) is 0 Å². The Kier molecular flexibility index (Phi) is 4.21. The molecule has 146 valence electrons. The summed E-state index contributed by atoms with van der Waals surface area (Å²) < 4.78 is 0. The number of rotatable bonds is 1. The van der Waals surface area contributed by atoms with Gasteiger partial charge in [0.25, 0.3) is 11.8 Å². The molecule has 2 aromatic carbocycles. The van der Waals surface area contributed by atoms with Crippen molar-refractivity contribution in [3.05, 3.63) is 70.9 Å². The van der Waals surface area contributed by atoms with Crippen LogP contribution in [0.1, 0.15) is 21.5 Å². The molecular formula is C23H22N4O2. The first-order valence-corrected chi connectivity index (χ1v) is 9.82. The summed E-state index contributed by atoms with van der Waals surface area (Å²) in [6.45, 7) is 3.31. The molecule has 0 bridgehead atoms. The summed E-state index contributed by atoms with van der Waals surface area (Å²) in [6.07, 6.45) is 3.87. The molecule has 2 N–H and O–H groups in total. The fraction of sp³-hybridized carbons (Fsp3) is 0.217. The topological polar surface area (TPSA) is 64.7 Å². The molecular weight excluding hydrogens is 364 g/mol. The minimum absolute atomic E-state index is 0.0718. The van der Waals surface area contributed by atoms with Crippen molar-refractivity contribution in [2.24, 2.45) is 0 Å². The van der Waals surface area contributed by atoms with Crippen LogP contribution in [-0.4, -0.2) is 54.8 Å². The molecule has 0 aliphatic carbocycles. The van der Waals surface area contributed by atoms with E-state index in [4.69, 9.17) is 0 Å². The number of piperazine rings is 1. The van der Waals surface area contributed by atoms with E-state index in [1.807, 2.05) is 59.5 Å². The zero-order valence-electron chi connectivity index (χ0n) is 16.2. The van der Waals surface area contributed by atoms with E-state index in [1.54, 1.807) is 0 Å². The van der Waals surface area contributed by atoms with E-state index < -0.39 is 0 Å². The van der Waals surface area contributed by atoms with Gasteiger partial charge in [0.1, 0.15) is 0 Å². The number of fused-ring (bicyclic) bond motifs is 2. The van der Waals surface area contributed by atoms with E-state index in [9.17, 15) is 9.59 Å². The summed E-state index contributed by atoms with van der Waals surface area (Å²) in [5.74, 6) is -0.0359. The fourth-order valence-electron chi connectivity index (χ4n) is 4.03. The number of carbonyl (C=O) groups is 2. The molecule has 6 heteroatoms. The zero-order chi connectivity index (χ0) is 20.0. The van der Waals surface area contributed by atoms with Crippen molar-refractivity contribution in [1.29, 1.82) is 0 Å². The second-order valence-electron chi connectivity index (χ2n) is 7.64. The van der Waals surface area contributed by atoms with Crippen LogP contribution in [0.5, 0.6) is 0 Å². The average Bonchev–Trinajstić information content (AvgIpc) is 3.08. The summed E-state index contributed by atoms with van der Waals surface area (Å²) >= 11 is 0. The average molecular weight is 386 g/mol. The molecule has 3 heterocycles. The van der Waals surface area contributed by atoms with Gasteiger partial charge in [0.15, 0.2) is 0 Å². The number of nitrogens with one attached hydrogen (secondary N) is 2. The Morgan fingerprint density at radius 1 is 0.931 bits per heavy atom. The van der Waals surface area contributed by atoms with Gasteiger partial charge in [-0.25, -0.2) is 0 Å². The van der Waals surface area contributed by atoms with Crippen LogP contribution in [-0.2, 0) is 4.79 Å². The number of anilines is 2. The molecule has 0 aromatic heterocycles. The molecule has 1 fully saturated rings. The molecule has 6 nitrogen and oxygen atoms in total. The van der Waals surface area contributed by atoms with Gasteiger partial charge < -0.3 is 20.4 Å². The molecule has 2 amide bonds. The number of allylic oxidation sites excluding steroid dienone is 1. The largest absolute Gasteiger partial charge is 0.354 e. The summed E-state index contributed by atoms with van der Waals surface area (Å²) in [6, 6.07) is 13.4. The van der Waals surface area contributed by atoms with Crippen LogP contribution in [0.15, 0.2) is 54.2 Å². The van der Waals surface area contributed by atoms with E-state index in [2.05, 4.69) is 22.6 Å². The highest BCUT2D eigenvalue weighted by Crippen LogP contribution is 2.36. The van der Waals surface area contributed by atoms with Crippen molar-refractivity contribution in [2.75, 3.05) is 43.9 Å². The Hall–Kier alpha value is -3.38. The van der Waals surface area contributed by atoms with Gasteiger partial charge in [-0.1, -0.05) is 24.3 Å². The molecule has 0 spiro atoms. The predicted octanol–water partition coefficient (Wildman–Crippen LogP) is 2.88. The highest BCUT2D eigenvalue weighted by atomic mass is 16.2. The summed E-state index contributed by atoms with van der Waals surface area (Å²) in [7, 11) is 2.08. The van der Waals surface area contributed by atoms with Crippen molar-refractivity contribution in [3.63, 3.8) is 0 Å². The van der Waals surface area contributed by atoms with Crippen LogP contribution < -0.4 is 10.6 Å². The molecule has 0 unspecified atom stereocenters. The smallest absolute Gasteiger partial charge is 0.258 e. The molecule has 3 aliphatic rings. The fourth-order valence-corrected chi connectivity index (χ4v) is 4.03. The Bertz CT molecular complexity index is 1080. The number of nitrogens with zero attached hydrogens (tertiary/aromatic N) is 2. The Morgan fingerprint density at radius 2 is 1.72 bits per heavy atom. The molecule has 5 rings (SSSR count). The number of amides is 2. The maximum atomic E-state index is 12.8. The van der Waals surface area contributed by atoms with Crippen LogP contribution in [0.4, 0.5) is 11.4 Å². The van der Waals surface area contributed by atoms with Crippen molar-refractivity contribution < 1.29 is 9.59 Å². The second-order valence-corrected chi connectivity index (χ2v) is 7.64. The van der Waals surface area contributed by atoms with Crippen molar-refractivity contribution in [3.8, 4) is 0 Å². The number of hydrogen-bond donors (Lipinski definition) is 2. The summed E-state index contributed by atoms with van der Waals surface area (Å²) in [5.41, 5.74) is 5.66. The third-order valence-corrected chi connectivity index (χ3v) is 5.73. The van der Waals surface area contributed by atoms with Crippen LogP contribution in [0.3, 0.4) is 0 Å². The lowest BCUT2D eigenvalue weighted by molar-refractivity contribution is -0.110. The van der Waals surface area contributed by atoms with Gasteiger partial charge in [-0.15, -0.1) is 0 Å². The van der Waals surface area contributed by atoms with E-state index >= 15 is 0 Å². The minimum Gasteiger partial charge on any atom is -0.354 e. The molecule has 29 heavy (non-hydrogen) atoms. The molecule has 1 saturated heterocycles. The number of para-hydroxylation sites is 1. The molecule has 2 aromatic rings.